The summed E-state index contributed by atoms with van der Waals surface area (Å²) in [5.41, 5.74) is 1.43. The second kappa shape index (κ2) is 6.96. The molecular weight excluding hydrogens is 314 g/mol. The molecule has 0 aliphatic heterocycles. The number of aryl methyl sites for hydroxylation is 2. The number of nitrogens with zero attached hydrogens (tertiary/aromatic N) is 2. The number of hydrogen-bond acceptors (Lipinski definition) is 5. The van der Waals surface area contributed by atoms with Crippen molar-refractivity contribution < 1.29 is 4.79 Å². The van der Waals surface area contributed by atoms with E-state index in [1.807, 2.05) is 6.92 Å². The lowest BCUT2D eigenvalue weighted by Gasteiger charge is -2.12. The molecule has 0 fully saturated rings. The molecule has 0 unspecified atom stereocenters. The van der Waals surface area contributed by atoms with E-state index in [4.69, 9.17) is 0 Å². The summed E-state index contributed by atoms with van der Waals surface area (Å²) < 4.78 is 0. The lowest BCUT2D eigenvalue weighted by molar-refractivity contribution is -0.119. The highest BCUT2D eigenvalue weighted by Crippen LogP contribution is 2.39. The summed E-state index contributed by atoms with van der Waals surface area (Å²) in [7, 11) is 0. The van der Waals surface area contributed by atoms with Gasteiger partial charge in [0.2, 0.25) is 5.91 Å². The van der Waals surface area contributed by atoms with Crippen molar-refractivity contribution in [1.29, 1.82) is 0 Å². The van der Waals surface area contributed by atoms with Gasteiger partial charge >= 0.3 is 0 Å². The van der Waals surface area contributed by atoms with E-state index in [1.165, 1.54) is 40.4 Å². The van der Waals surface area contributed by atoms with Crippen LogP contribution in [0.3, 0.4) is 0 Å². The van der Waals surface area contributed by atoms with Crippen molar-refractivity contribution >= 4 is 39.2 Å². The summed E-state index contributed by atoms with van der Waals surface area (Å²) in [5, 5.41) is 5.16. The number of carbonyl (C=O) groups excluding carboxylic acids is 1. The molecule has 1 aliphatic carbocycles. The van der Waals surface area contributed by atoms with Crippen molar-refractivity contribution in [3.63, 3.8) is 0 Å². The van der Waals surface area contributed by atoms with Crippen LogP contribution in [0, 0.1) is 0 Å². The number of aromatic nitrogens is 2. The summed E-state index contributed by atoms with van der Waals surface area (Å²) >= 11 is 3.33. The summed E-state index contributed by atoms with van der Waals surface area (Å²) in [6, 6.07) is 0.229. The Morgan fingerprint density at radius 1 is 1.41 bits per heavy atom. The van der Waals surface area contributed by atoms with E-state index in [-0.39, 0.29) is 11.9 Å². The monoisotopic (exact) mass is 335 g/mol. The Morgan fingerprint density at radius 3 is 3.05 bits per heavy atom. The highest BCUT2D eigenvalue weighted by atomic mass is 32.2. The lowest BCUT2D eigenvalue weighted by Crippen LogP contribution is -2.33. The van der Waals surface area contributed by atoms with Gasteiger partial charge in [-0.2, -0.15) is 0 Å². The number of nitrogens with one attached hydrogen (secondary N) is 1. The molecule has 2 aromatic heterocycles. The fourth-order valence-electron chi connectivity index (χ4n) is 2.72. The third-order valence-electron chi connectivity index (χ3n) is 4.08. The van der Waals surface area contributed by atoms with Gasteiger partial charge in [0, 0.05) is 16.3 Å². The number of hydrogen-bond donors (Lipinski definition) is 1. The van der Waals surface area contributed by atoms with Crippen LogP contribution in [0.25, 0.3) is 10.2 Å². The summed E-state index contributed by atoms with van der Waals surface area (Å²) in [6.45, 7) is 4.10. The van der Waals surface area contributed by atoms with E-state index in [9.17, 15) is 4.79 Å². The van der Waals surface area contributed by atoms with Gasteiger partial charge in [0.05, 0.1) is 5.75 Å². The zero-order valence-electron chi connectivity index (χ0n) is 13.0. The predicted octanol–water partition coefficient (Wildman–Crippen LogP) is 3.58. The Bertz CT molecular complexity index is 683. The molecule has 4 nitrogen and oxygen atoms in total. The second-order valence-electron chi connectivity index (χ2n) is 5.74. The van der Waals surface area contributed by atoms with Crippen molar-refractivity contribution in [1.82, 2.24) is 15.3 Å². The number of thiophene rings is 1. The van der Waals surface area contributed by atoms with Crippen molar-refractivity contribution in [2.24, 2.45) is 0 Å². The van der Waals surface area contributed by atoms with Gasteiger partial charge in [-0.25, -0.2) is 9.97 Å². The molecule has 3 rings (SSSR count). The van der Waals surface area contributed by atoms with Crippen molar-refractivity contribution in [3.05, 3.63) is 16.8 Å². The maximum Gasteiger partial charge on any atom is 0.230 e. The fraction of sp³-hybridized carbons (Fsp3) is 0.562. The molecule has 1 N–H and O–H groups in total. The van der Waals surface area contributed by atoms with Crippen molar-refractivity contribution in [2.75, 3.05) is 5.75 Å². The van der Waals surface area contributed by atoms with Crippen molar-refractivity contribution in [3.8, 4) is 0 Å². The van der Waals surface area contributed by atoms with E-state index in [0.717, 1.165) is 29.1 Å². The maximum atomic E-state index is 12.0. The molecule has 1 amide bonds. The summed E-state index contributed by atoms with van der Waals surface area (Å²) in [4.78, 5) is 23.4. The van der Waals surface area contributed by atoms with Crippen LogP contribution in [0.2, 0.25) is 0 Å². The van der Waals surface area contributed by atoms with Gasteiger partial charge in [-0.3, -0.25) is 4.79 Å². The van der Waals surface area contributed by atoms with Gasteiger partial charge in [-0.05, 0) is 44.6 Å². The first kappa shape index (κ1) is 15.7. The first-order valence-corrected chi connectivity index (χ1v) is 9.66. The zero-order chi connectivity index (χ0) is 15.5. The fourth-order valence-corrected chi connectivity index (χ4v) is 4.85. The average Bonchev–Trinajstić information content (AvgIpc) is 2.91. The van der Waals surface area contributed by atoms with Gasteiger partial charge in [0.25, 0.3) is 0 Å². The molecule has 0 radical (unpaired) electrons. The molecule has 2 aromatic rings. The number of fused-ring (bicyclic) bond motifs is 3. The standard InChI is InChI=1S/C16H21N3OS2/c1-3-10(2)19-13(20)8-21-15-14-11-6-4-5-7-12(11)22-16(14)18-9-17-15/h9-10H,3-8H2,1-2H3,(H,19,20)/t10-/m1/s1. The molecule has 0 saturated heterocycles. The minimum Gasteiger partial charge on any atom is -0.353 e. The lowest BCUT2D eigenvalue weighted by atomic mass is 9.97. The number of amides is 1. The van der Waals surface area contributed by atoms with Crippen LogP contribution in [0.5, 0.6) is 0 Å². The van der Waals surface area contributed by atoms with Gasteiger partial charge in [0.1, 0.15) is 16.2 Å². The van der Waals surface area contributed by atoms with Crippen LogP contribution in [-0.2, 0) is 17.6 Å². The minimum atomic E-state index is 0.0789. The van der Waals surface area contributed by atoms with E-state index in [2.05, 4.69) is 22.2 Å². The Morgan fingerprint density at radius 2 is 2.23 bits per heavy atom. The Labute approximate surface area is 139 Å². The number of carbonyl (C=O) groups is 1. The molecule has 118 valence electrons. The normalized spacial score (nSPS) is 15.5. The van der Waals surface area contributed by atoms with Crippen LogP contribution in [0.4, 0.5) is 0 Å². The molecule has 6 heteroatoms. The zero-order valence-corrected chi connectivity index (χ0v) is 14.6. The maximum absolute atomic E-state index is 12.0. The average molecular weight is 335 g/mol. The molecule has 2 heterocycles. The third-order valence-corrected chi connectivity index (χ3v) is 6.27. The Kier molecular flexibility index (Phi) is 4.98. The van der Waals surface area contributed by atoms with Crippen LogP contribution in [0.15, 0.2) is 11.4 Å². The molecular formula is C16H21N3OS2. The molecule has 0 bridgehead atoms. The quantitative estimate of drug-likeness (QED) is 0.670. The van der Waals surface area contributed by atoms with Crippen LogP contribution < -0.4 is 5.32 Å². The number of rotatable bonds is 5. The van der Waals surface area contributed by atoms with Crippen LogP contribution >= 0.6 is 23.1 Å². The van der Waals surface area contributed by atoms with E-state index >= 15 is 0 Å². The summed E-state index contributed by atoms with van der Waals surface area (Å²) in [5.74, 6) is 0.497. The topological polar surface area (TPSA) is 54.9 Å². The molecule has 0 spiro atoms. The first-order chi connectivity index (χ1) is 10.7. The minimum absolute atomic E-state index is 0.0789. The predicted molar refractivity (Wildman–Crippen MR) is 92.7 cm³/mol. The Hall–Kier alpha value is -1.14. The Balaban J connectivity index is 1.79. The van der Waals surface area contributed by atoms with Crippen LogP contribution in [0.1, 0.15) is 43.6 Å². The third kappa shape index (κ3) is 3.27. The van der Waals surface area contributed by atoms with E-state index in [1.54, 1.807) is 17.7 Å². The van der Waals surface area contributed by atoms with Gasteiger partial charge in [0.15, 0.2) is 0 Å². The molecule has 0 aromatic carbocycles. The van der Waals surface area contributed by atoms with Gasteiger partial charge in [-0.1, -0.05) is 18.7 Å². The highest BCUT2D eigenvalue weighted by molar-refractivity contribution is 8.00. The smallest absolute Gasteiger partial charge is 0.230 e. The SMILES string of the molecule is CC[C@@H](C)NC(=O)CSc1ncnc2sc3c(c12)CCCC3. The van der Waals surface area contributed by atoms with Crippen LogP contribution in [-0.4, -0.2) is 27.7 Å². The highest BCUT2D eigenvalue weighted by Gasteiger charge is 2.20. The summed E-state index contributed by atoms with van der Waals surface area (Å²) in [6.07, 6.45) is 7.37. The second-order valence-corrected chi connectivity index (χ2v) is 7.78. The van der Waals surface area contributed by atoms with E-state index < -0.39 is 0 Å². The first-order valence-electron chi connectivity index (χ1n) is 7.86. The molecule has 1 aliphatic rings. The molecule has 22 heavy (non-hydrogen) atoms. The molecule has 0 saturated carbocycles. The number of thioether (sulfide) groups is 1. The van der Waals surface area contributed by atoms with Gasteiger partial charge < -0.3 is 5.32 Å². The molecule has 1 atom stereocenters. The van der Waals surface area contributed by atoms with Gasteiger partial charge in [-0.15, -0.1) is 11.3 Å². The van der Waals surface area contributed by atoms with E-state index in [0.29, 0.717) is 5.75 Å². The largest absolute Gasteiger partial charge is 0.353 e. The van der Waals surface area contributed by atoms with Crippen molar-refractivity contribution in [2.45, 2.75) is 57.0 Å².